The Hall–Kier alpha value is -0.280. The molecule has 4 heteroatoms. The molecule has 0 unspecified atom stereocenters. The highest BCUT2D eigenvalue weighted by Gasteiger charge is 2.30. The standard InChI is InChI=1S/C5H9NO2.ClH/c6-3-8-5(7)4-1-2-4;/h4H,1-3,6H2;1H. The third-order valence-electron chi connectivity index (χ3n) is 1.14. The molecule has 0 aliphatic heterocycles. The molecule has 1 saturated carbocycles. The van der Waals surface area contributed by atoms with Crippen molar-refractivity contribution in [3.05, 3.63) is 0 Å². The van der Waals surface area contributed by atoms with E-state index >= 15 is 0 Å². The number of rotatable bonds is 2. The summed E-state index contributed by atoms with van der Waals surface area (Å²) >= 11 is 0. The summed E-state index contributed by atoms with van der Waals surface area (Å²) in [5.41, 5.74) is 4.95. The number of carbonyl (C=O) groups excluding carboxylic acids is 1. The van der Waals surface area contributed by atoms with Gasteiger partial charge in [0.05, 0.1) is 5.92 Å². The van der Waals surface area contributed by atoms with Gasteiger partial charge in [0, 0.05) is 0 Å². The van der Waals surface area contributed by atoms with Crippen molar-refractivity contribution in [3.63, 3.8) is 0 Å². The number of nitrogens with two attached hydrogens (primary N) is 1. The molecule has 1 rings (SSSR count). The molecular formula is C5H10ClNO2. The predicted molar refractivity (Wildman–Crippen MR) is 35.1 cm³/mol. The Morgan fingerprint density at radius 1 is 1.67 bits per heavy atom. The van der Waals surface area contributed by atoms with Gasteiger partial charge < -0.3 is 4.74 Å². The Bertz CT molecular complexity index is 103. The fourth-order valence-electron chi connectivity index (χ4n) is 0.519. The van der Waals surface area contributed by atoms with Gasteiger partial charge >= 0.3 is 5.97 Å². The third kappa shape index (κ3) is 2.67. The lowest BCUT2D eigenvalue weighted by molar-refractivity contribution is -0.144. The normalized spacial score (nSPS) is 16.1. The van der Waals surface area contributed by atoms with Crippen molar-refractivity contribution < 1.29 is 9.53 Å². The molecule has 9 heavy (non-hydrogen) atoms. The van der Waals surface area contributed by atoms with Crippen LogP contribution in [0.5, 0.6) is 0 Å². The molecule has 1 aliphatic carbocycles. The molecule has 0 spiro atoms. The van der Waals surface area contributed by atoms with Crippen LogP contribution in [-0.4, -0.2) is 12.7 Å². The van der Waals surface area contributed by atoms with Gasteiger partial charge in [-0.05, 0) is 12.8 Å². The lowest BCUT2D eigenvalue weighted by Crippen LogP contribution is -2.12. The Kier molecular flexibility index (Phi) is 3.58. The smallest absolute Gasteiger partial charge is 0.310 e. The van der Waals surface area contributed by atoms with E-state index in [1.807, 2.05) is 0 Å². The highest BCUT2D eigenvalue weighted by molar-refractivity contribution is 5.85. The minimum atomic E-state index is -0.132. The SMILES string of the molecule is Cl.NCOC(=O)C1CC1. The van der Waals surface area contributed by atoms with E-state index in [4.69, 9.17) is 5.73 Å². The van der Waals surface area contributed by atoms with Crippen molar-refractivity contribution in [1.29, 1.82) is 0 Å². The van der Waals surface area contributed by atoms with E-state index in [9.17, 15) is 4.79 Å². The molecule has 0 heterocycles. The van der Waals surface area contributed by atoms with Crippen LogP contribution in [0.25, 0.3) is 0 Å². The van der Waals surface area contributed by atoms with E-state index in [1.165, 1.54) is 0 Å². The fraction of sp³-hybridized carbons (Fsp3) is 0.800. The van der Waals surface area contributed by atoms with Crippen molar-refractivity contribution in [2.24, 2.45) is 11.7 Å². The maximum absolute atomic E-state index is 10.5. The van der Waals surface area contributed by atoms with Gasteiger partial charge in [0.25, 0.3) is 0 Å². The van der Waals surface area contributed by atoms with Crippen LogP contribution in [0.15, 0.2) is 0 Å². The Balaban J connectivity index is 0.000000640. The second kappa shape index (κ2) is 3.69. The minimum absolute atomic E-state index is 0. The Morgan fingerprint density at radius 2 is 2.22 bits per heavy atom. The van der Waals surface area contributed by atoms with Gasteiger partial charge in [-0.1, -0.05) is 0 Å². The number of esters is 1. The largest absolute Gasteiger partial charge is 0.450 e. The molecule has 0 saturated heterocycles. The van der Waals surface area contributed by atoms with Gasteiger partial charge in [-0.15, -0.1) is 12.4 Å². The van der Waals surface area contributed by atoms with Crippen LogP contribution in [0.3, 0.4) is 0 Å². The Labute approximate surface area is 60.0 Å². The molecule has 54 valence electrons. The molecule has 1 aliphatic rings. The van der Waals surface area contributed by atoms with E-state index in [0.29, 0.717) is 0 Å². The van der Waals surface area contributed by atoms with E-state index in [1.54, 1.807) is 0 Å². The highest BCUT2D eigenvalue weighted by Crippen LogP contribution is 2.29. The quantitative estimate of drug-likeness (QED) is 0.456. The molecule has 0 aromatic rings. The van der Waals surface area contributed by atoms with Crippen LogP contribution in [0.2, 0.25) is 0 Å². The second-order valence-corrected chi connectivity index (χ2v) is 1.90. The van der Waals surface area contributed by atoms with Crippen LogP contribution >= 0.6 is 12.4 Å². The van der Waals surface area contributed by atoms with E-state index in [-0.39, 0.29) is 31.0 Å². The zero-order chi connectivity index (χ0) is 5.98. The molecule has 1 fully saturated rings. The number of carbonyl (C=O) groups is 1. The summed E-state index contributed by atoms with van der Waals surface area (Å²) in [6.07, 6.45) is 1.97. The summed E-state index contributed by atoms with van der Waals surface area (Å²) in [4.78, 5) is 10.5. The van der Waals surface area contributed by atoms with Gasteiger partial charge in [-0.3, -0.25) is 10.5 Å². The number of hydrogen-bond acceptors (Lipinski definition) is 3. The van der Waals surface area contributed by atoms with Gasteiger partial charge in [0.2, 0.25) is 0 Å². The summed E-state index contributed by atoms with van der Waals surface area (Å²) in [6, 6.07) is 0. The first-order valence-corrected chi connectivity index (χ1v) is 2.71. The average molecular weight is 152 g/mol. The maximum Gasteiger partial charge on any atom is 0.310 e. The van der Waals surface area contributed by atoms with Gasteiger partial charge in [0.1, 0.15) is 6.73 Å². The minimum Gasteiger partial charge on any atom is -0.450 e. The van der Waals surface area contributed by atoms with Gasteiger partial charge in [-0.25, -0.2) is 0 Å². The summed E-state index contributed by atoms with van der Waals surface area (Å²) < 4.78 is 4.50. The van der Waals surface area contributed by atoms with Crippen LogP contribution in [0.1, 0.15) is 12.8 Å². The highest BCUT2D eigenvalue weighted by atomic mass is 35.5. The summed E-state index contributed by atoms with van der Waals surface area (Å²) in [6.45, 7) is 0.0231. The zero-order valence-electron chi connectivity index (χ0n) is 5.00. The fourth-order valence-corrected chi connectivity index (χ4v) is 0.519. The first kappa shape index (κ1) is 8.72. The molecule has 0 radical (unpaired) electrons. The lowest BCUT2D eigenvalue weighted by atomic mass is 10.4. The van der Waals surface area contributed by atoms with Crippen LogP contribution < -0.4 is 5.73 Å². The molecule has 0 bridgehead atoms. The Morgan fingerprint density at radius 3 is 2.56 bits per heavy atom. The number of halogens is 1. The van der Waals surface area contributed by atoms with E-state index in [0.717, 1.165) is 12.8 Å². The van der Waals surface area contributed by atoms with Gasteiger partial charge in [0.15, 0.2) is 0 Å². The van der Waals surface area contributed by atoms with Crippen molar-refractivity contribution in [1.82, 2.24) is 0 Å². The summed E-state index contributed by atoms with van der Waals surface area (Å²) in [7, 11) is 0. The van der Waals surface area contributed by atoms with Crippen LogP contribution in [-0.2, 0) is 9.53 Å². The van der Waals surface area contributed by atoms with Crippen molar-refractivity contribution in [3.8, 4) is 0 Å². The second-order valence-electron chi connectivity index (χ2n) is 1.90. The van der Waals surface area contributed by atoms with Gasteiger partial charge in [-0.2, -0.15) is 0 Å². The monoisotopic (exact) mass is 151 g/mol. The number of hydrogen-bond donors (Lipinski definition) is 1. The average Bonchev–Trinajstić information content (AvgIpc) is 2.45. The first-order chi connectivity index (χ1) is 3.84. The molecule has 0 atom stereocenters. The van der Waals surface area contributed by atoms with E-state index in [2.05, 4.69) is 4.74 Å². The molecular weight excluding hydrogens is 142 g/mol. The topological polar surface area (TPSA) is 52.3 Å². The predicted octanol–water partition coefficient (Wildman–Crippen LogP) is 0.278. The molecule has 0 aromatic carbocycles. The molecule has 0 aromatic heterocycles. The third-order valence-corrected chi connectivity index (χ3v) is 1.14. The lowest BCUT2D eigenvalue weighted by Gasteiger charge is -1.95. The van der Waals surface area contributed by atoms with Crippen molar-refractivity contribution in [2.75, 3.05) is 6.73 Å². The molecule has 2 N–H and O–H groups in total. The van der Waals surface area contributed by atoms with Crippen molar-refractivity contribution >= 4 is 18.4 Å². The van der Waals surface area contributed by atoms with Crippen LogP contribution in [0.4, 0.5) is 0 Å². The first-order valence-electron chi connectivity index (χ1n) is 2.71. The van der Waals surface area contributed by atoms with Crippen LogP contribution in [0, 0.1) is 5.92 Å². The number of ether oxygens (including phenoxy) is 1. The molecule has 3 nitrogen and oxygen atoms in total. The zero-order valence-corrected chi connectivity index (χ0v) is 5.82. The maximum atomic E-state index is 10.5. The summed E-state index contributed by atoms with van der Waals surface area (Å²) in [5.74, 6) is 0.0473. The van der Waals surface area contributed by atoms with E-state index < -0.39 is 0 Å². The molecule has 0 amide bonds. The summed E-state index contributed by atoms with van der Waals surface area (Å²) in [5, 5.41) is 0. The van der Waals surface area contributed by atoms with Crippen molar-refractivity contribution in [2.45, 2.75) is 12.8 Å².